The Labute approximate surface area is 152 Å². The van der Waals surface area contributed by atoms with Gasteiger partial charge in [0, 0.05) is 10.5 Å². The number of hydrogen-bond acceptors (Lipinski definition) is 5. The lowest BCUT2D eigenvalue weighted by atomic mass is 10.2. The van der Waals surface area contributed by atoms with Gasteiger partial charge in [-0.05, 0) is 31.2 Å². The van der Waals surface area contributed by atoms with E-state index < -0.39 is 37.5 Å². The maximum absolute atomic E-state index is 13.1. The number of sulfonamides is 1. The predicted octanol–water partition coefficient (Wildman–Crippen LogP) is 3.03. The van der Waals surface area contributed by atoms with Gasteiger partial charge >= 0.3 is 5.97 Å². The molecule has 1 unspecified atom stereocenters. The van der Waals surface area contributed by atoms with Gasteiger partial charge in [-0.3, -0.25) is 14.4 Å². The SMILES string of the molecule is CC(C(=O)O)N(c1cccc(Br)c1)S(=O)(=O)c1ccccc1[N+](=O)[O-]. The van der Waals surface area contributed by atoms with Crippen LogP contribution in [-0.2, 0) is 14.8 Å². The van der Waals surface area contributed by atoms with Gasteiger partial charge in [-0.1, -0.05) is 34.1 Å². The molecule has 132 valence electrons. The second-order valence-electron chi connectivity index (χ2n) is 5.02. The molecule has 25 heavy (non-hydrogen) atoms. The van der Waals surface area contributed by atoms with E-state index in [4.69, 9.17) is 0 Å². The summed E-state index contributed by atoms with van der Waals surface area (Å²) in [6.07, 6.45) is 0. The Hall–Kier alpha value is -2.46. The highest BCUT2D eigenvalue weighted by Gasteiger charge is 2.37. The molecule has 0 bridgehead atoms. The molecule has 0 saturated carbocycles. The van der Waals surface area contributed by atoms with Gasteiger partial charge in [0.05, 0.1) is 10.6 Å². The zero-order valence-corrected chi connectivity index (χ0v) is 15.3. The van der Waals surface area contributed by atoms with E-state index in [1.807, 2.05) is 0 Å². The topological polar surface area (TPSA) is 118 Å². The Balaban J connectivity index is 2.73. The molecule has 0 aliphatic heterocycles. The van der Waals surface area contributed by atoms with Crippen LogP contribution >= 0.6 is 15.9 Å². The number of aliphatic carboxylic acids is 1. The Kier molecular flexibility index (Phi) is 5.43. The predicted molar refractivity (Wildman–Crippen MR) is 94.0 cm³/mol. The lowest BCUT2D eigenvalue weighted by Gasteiger charge is -2.28. The first kappa shape index (κ1) is 18.9. The molecule has 2 aromatic carbocycles. The molecule has 0 amide bonds. The molecule has 0 aliphatic carbocycles. The number of benzene rings is 2. The molecular weight excluding hydrogens is 416 g/mol. The molecule has 8 nitrogen and oxygen atoms in total. The fourth-order valence-corrected chi connectivity index (χ4v) is 4.37. The van der Waals surface area contributed by atoms with Gasteiger partial charge in [0.1, 0.15) is 6.04 Å². The zero-order valence-electron chi connectivity index (χ0n) is 12.9. The van der Waals surface area contributed by atoms with Crippen LogP contribution in [0.3, 0.4) is 0 Å². The number of hydrogen-bond donors (Lipinski definition) is 1. The molecule has 0 radical (unpaired) electrons. The van der Waals surface area contributed by atoms with E-state index in [0.717, 1.165) is 12.1 Å². The van der Waals surface area contributed by atoms with Crippen LogP contribution in [0.1, 0.15) is 6.92 Å². The first-order valence-corrected chi connectivity index (χ1v) is 9.16. The molecule has 10 heteroatoms. The molecule has 0 aromatic heterocycles. The smallest absolute Gasteiger partial charge is 0.327 e. The van der Waals surface area contributed by atoms with Crippen molar-refractivity contribution in [1.82, 2.24) is 0 Å². The fraction of sp³-hybridized carbons (Fsp3) is 0.133. The van der Waals surface area contributed by atoms with E-state index >= 15 is 0 Å². The van der Waals surface area contributed by atoms with Crippen molar-refractivity contribution in [2.45, 2.75) is 17.9 Å². The Morgan fingerprint density at radius 3 is 2.44 bits per heavy atom. The summed E-state index contributed by atoms with van der Waals surface area (Å²) in [7, 11) is -4.50. The second-order valence-corrected chi connectivity index (χ2v) is 7.72. The zero-order chi connectivity index (χ0) is 18.8. The van der Waals surface area contributed by atoms with E-state index in [1.54, 1.807) is 6.07 Å². The molecular formula is C15H13BrN2O6S. The van der Waals surface area contributed by atoms with Gasteiger partial charge in [0.25, 0.3) is 15.7 Å². The average Bonchev–Trinajstić information content (AvgIpc) is 2.54. The van der Waals surface area contributed by atoms with Crippen LogP contribution in [0.4, 0.5) is 11.4 Å². The number of nitrogens with zero attached hydrogens (tertiary/aromatic N) is 2. The molecule has 0 spiro atoms. The van der Waals surface area contributed by atoms with Crippen LogP contribution in [-0.4, -0.2) is 30.5 Å². The van der Waals surface area contributed by atoms with Gasteiger partial charge in [0.15, 0.2) is 4.90 Å². The first-order valence-electron chi connectivity index (χ1n) is 6.92. The lowest BCUT2D eigenvalue weighted by Crippen LogP contribution is -2.43. The number of carbonyl (C=O) groups is 1. The summed E-state index contributed by atoms with van der Waals surface area (Å²) in [5.74, 6) is -1.39. The van der Waals surface area contributed by atoms with E-state index in [-0.39, 0.29) is 5.69 Å². The van der Waals surface area contributed by atoms with Crippen molar-refractivity contribution in [2.24, 2.45) is 0 Å². The summed E-state index contributed by atoms with van der Waals surface area (Å²) in [6.45, 7) is 1.19. The third-order valence-corrected chi connectivity index (χ3v) is 5.81. The van der Waals surface area contributed by atoms with Gasteiger partial charge < -0.3 is 5.11 Å². The molecule has 0 fully saturated rings. The van der Waals surface area contributed by atoms with Crippen LogP contribution in [0.15, 0.2) is 57.9 Å². The number of carboxylic acid groups (broad SMARTS) is 1. The number of nitro groups is 1. The maximum Gasteiger partial charge on any atom is 0.327 e. The van der Waals surface area contributed by atoms with Crippen molar-refractivity contribution in [2.75, 3.05) is 4.31 Å². The minimum absolute atomic E-state index is 0.0717. The molecule has 0 aliphatic rings. The van der Waals surface area contributed by atoms with Crippen LogP contribution in [0, 0.1) is 10.1 Å². The number of nitro benzene ring substituents is 1. The van der Waals surface area contributed by atoms with Gasteiger partial charge in [-0.15, -0.1) is 0 Å². The molecule has 1 atom stereocenters. The van der Waals surface area contributed by atoms with Crippen LogP contribution < -0.4 is 4.31 Å². The molecule has 1 N–H and O–H groups in total. The van der Waals surface area contributed by atoms with E-state index in [9.17, 15) is 28.4 Å². The van der Waals surface area contributed by atoms with Crippen molar-refractivity contribution in [3.05, 3.63) is 63.1 Å². The number of rotatable bonds is 6. The number of halogens is 1. The van der Waals surface area contributed by atoms with E-state index in [2.05, 4.69) is 15.9 Å². The van der Waals surface area contributed by atoms with Crippen molar-refractivity contribution in [1.29, 1.82) is 0 Å². The number of carboxylic acids is 1. The highest BCUT2D eigenvalue weighted by atomic mass is 79.9. The fourth-order valence-electron chi connectivity index (χ4n) is 2.22. The monoisotopic (exact) mass is 428 g/mol. The van der Waals surface area contributed by atoms with E-state index in [1.165, 1.54) is 37.3 Å². The first-order chi connectivity index (χ1) is 11.7. The highest BCUT2D eigenvalue weighted by Crippen LogP contribution is 2.32. The van der Waals surface area contributed by atoms with Crippen molar-refractivity contribution in [3.63, 3.8) is 0 Å². The molecule has 2 rings (SSSR count). The average molecular weight is 429 g/mol. The summed E-state index contributed by atoms with van der Waals surface area (Å²) < 4.78 is 27.3. The largest absolute Gasteiger partial charge is 0.480 e. The van der Waals surface area contributed by atoms with Crippen molar-refractivity contribution >= 4 is 43.3 Å². The molecule has 2 aromatic rings. The van der Waals surface area contributed by atoms with E-state index in [0.29, 0.717) is 8.78 Å². The van der Waals surface area contributed by atoms with Gasteiger partial charge in [-0.2, -0.15) is 0 Å². The normalized spacial score (nSPS) is 12.4. The third-order valence-electron chi connectivity index (χ3n) is 3.37. The van der Waals surface area contributed by atoms with Crippen molar-refractivity contribution in [3.8, 4) is 0 Å². The Morgan fingerprint density at radius 1 is 1.24 bits per heavy atom. The van der Waals surface area contributed by atoms with Crippen LogP contribution in [0.2, 0.25) is 0 Å². The Morgan fingerprint density at radius 2 is 1.88 bits per heavy atom. The Bertz CT molecular complexity index is 931. The quantitative estimate of drug-likeness (QED) is 0.557. The van der Waals surface area contributed by atoms with Crippen molar-refractivity contribution < 1.29 is 23.2 Å². The molecule has 0 saturated heterocycles. The lowest BCUT2D eigenvalue weighted by molar-refractivity contribution is -0.387. The van der Waals surface area contributed by atoms with Crippen LogP contribution in [0.5, 0.6) is 0 Å². The number of anilines is 1. The minimum Gasteiger partial charge on any atom is -0.480 e. The summed E-state index contributed by atoms with van der Waals surface area (Å²) >= 11 is 3.20. The summed E-state index contributed by atoms with van der Waals surface area (Å²) in [6, 6.07) is 9.35. The summed E-state index contributed by atoms with van der Waals surface area (Å²) in [4.78, 5) is 21.2. The number of para-hydroxylation sites is 1. The maximum atomic E-state index is 13.1. The minimum atomic E-state index is -4.50. The highest BCUT2D eigenvalue weighted by molar-refractivity contribution is 9.10. The third kappa shape index (κ3) is 3.80. The summed E-state index contributed by atoms with van der Waals surface area (Å²) in [5.41, 5.74) is -0.553. The standard InChI is InChI=1S/C15H13BrN2O6S/c1-10(15(19)20)17(12-6-4-5-11(16)9-12)25(23,24)14-8-3-2-7-13(14)18(21)22/h2-10H,1H3,(H,19,20). The molecule has 0 heterocycles. The second kappa shape index (κ2) is 7.19. The van der Waals surface area contributed by atoms with Crippen LogP contribution in [0.25, 0.3) is 0 Å². The summed E-state index contributed by atoms with van der Waals surface area (Å²) in [5, 5.41) is 20.5. The van der Waals surface area contributed by atoms with Gasteiger partial charge in [0.2, 0.25) is 0 Å². The van der Waals surface area contributed by atoms with Gasteiger partial charge in [-0.25, -0.2) is 13.2 Å².